The molecule has 1 aromatic carbocycles. The van der Waals surface area contributed by atoms with Crippen LogP contribution in [0.5, 0.6) is 5.75 Å². The van der Waals surface area contributed by atoms with Gasteiger partial charge in [0.25, 0.3) is 0 Å². The molecular formula is C14H22BrNO2. The van der Waals surface area contributed by atoms with Crippen molar-refractivity contribution in [2.45, 2.75) is 26.4 Å². The van der Waals surface area contributed by atoms with Crippen molar-refractivity contribution in [1.82, 2.24) is 4.90 Å². The zero-order valence-electron chi connectivity index (χ0n) is 11.6. The number of halogens is 1. The summed E-state index contributed by atoms with van der Waals surface area (Å²) in [6.07, 6.45) is 0. The van der Waals surface area contributed by atoms with Crippen LogP contribution in [0.2, 0.25) is 0 Å². The van der Waals surface area contributed by atoms with Gasteiger partial charge in [0.1, 0.15) is 5.75 Å². The minimum Gasteiger partial charge on any atom is -0.496 e. The van der Waals surface area contributed by atoms with Crippen LogP contribution in [-0.2, 0) is 11.3 Å². The van der Waals surface area contributed by atoms with Crippen LogP contribution < -0.4 is 4.74 Å². The van der Waals surface area contributed by atoms with Crippen molar-refractivity contribution in [1.29, 1.82) is 0 Å². The van der Waals surface area contributed by atoms with E-state index in [-0.39, 0.29) is 0 Å². The third-order valence-corrected chi connectivity index (χ3v) is 3.42. The molecule has 0 bridgehead atoms. The summed E-state index contributed by atoms with van der Waals surface area (Å²) in [6, 6.07) is 6.58. The molecule has 0 amide bonds. The SMILES string of the molecule is COCCN(Cc1cc(Br)ccc1OC)C(C)C. The molecule has 0 N–H and O–H groups in total. The van der Waals surface area contributed by atoms with Gasteiger partial charge in [0.05, 0.1) is 13.7 Å². The van der Waals surface area contributed by atoms with Gasteiger partial charge in [0.2, 0.25) is 0 Å². The van der Waals surface area contributed by atoms with Crippen LogP contribution in [0.15, 0.2) is 22.7 Å². The Balaban J connectivity index is 2.81. The predicted molar refractivity (Wildman–Crippen MR) is 78.1 cm³/mol. The minimum atomic E-state index is 0.476. The Bertz CT molecular complexity index is 369. The summed E-state index contributed by atoms with van der Waals surface area (Å²) in [5, 5.41) is 0. The fraction of sp³-hybridized carbons (Fsp3) is 0.571. The van der Waals surface area contributed by atoms with Crippen molar-refractivity contribution in [2.24, 2.45) is 0 Å². The first kappa shape index (κ1) is 15.5. The molecule has 0 radical (unpaired) electrons. The quantitative estimate of drug-likeness (QED) is 0.770. The number of ether oxygens (including phenoxy) is 2. The lowest BCUT2D eigenvalue weighted by atomic mass is 10.1. The maximum absolute atomic E-state index is 5.41. The van der Waals surface area contributed by atoms with Crippen molar-refractivity contribution >= 4 is 15.9 Å². The van der Waals surface area contributed by atoms with Crippen molar-refractivity contribution in [3.63, 3.8) is 0 Å². The Labute approximate surface area is 118 Å². The zero-order valence-corrected chi connectivity index (χ0v) is 13.2. The second-order valence-electron chi connectivity index (χ2n) is 4.51. The van der Waals surface area contributed by atoms with Crippen LogP contribution in [0.25, 0.3) is 0 Å². The first-order valence-electron chi connectivity index (χ1n) is 6.14. The highest BCUT2D eigenvalue weighted by Gasteiger charge is 2.13. The smallest absolute Gasteiger partial charge is 0.123 e. The summed E-state index contributed by atoms with van der Waals surface area (Å²) in [4.78, 5) is 2.37. The van der Waals surface area contributed by atoms with Crippen molar-refractivity contribution < 1.29 is 9.47 Å². The molecule has 0 aliphatic heterocycles. The van der Waals surface area contributed by atoms with Crippen molar-refractivity contribution in [2.75, 3.05) is 27.4 Å². The van der Waals surface area contributed by atoms with E-state index in [9.17, 15) is 0 Å². The average molecular weight is 316 g/mol. The van der Waals surface area contributed by atoms with Crippen LogP contribution in [0.4, 0.5) is 0 Å². The summed E-state index contributed by atoms with van der Waals surface area (Å²) < 4.78 is 11.6. The van der Waals surface area contributed by atoms with Crippen LogP contribution in [0, 0.1) is 0 Å². The van der Waals surface area contributed by atoms with Crippen LogP contribution >= 0.6 is 15.9 Å². The van der Waals surface area contributed by atoms with Gasteiger partial charge in [0.15, 0.2) is 0 Å². The van der Waals surface area contributed by atoms with Gasteiger partial charge in [-0.05, 0) is 32.0 Å². The molecule has 1 aromatic rings. The van der Waals surface area contributed by atoms with Crippen LogP contribution in [-0.4, -0.2) is 38.3 Å². The molecule has 102 valence electrons. The molecule has 0 aromatic heterocycles. The molecule has 18 heavy (non-hydrogen) atoms. The van der Waals surface area contributed by atoms with E-state index in [1.54, 1.807) is 14.2 Å². The third kappa shape index (κ3) is 4.59. The molecule has 0 aliphatic carbocycles. The van der Waals surface area contributed by atoms with Gasteiger partial charge in [-0.25, -0.2) is 0 Å². The number of hydrogen-bond acceptors (Lipinski definition) is 3. The molecule has 3 nitrogen and oxygen atoms in total. The van der Waals surface area contributed by atoms with E-state index in [4.69, 9.17) is 9.47 Å². The largest absolute Gasteiger partial charge is 0.496 e. The fourth-order valence-electron chi connectivity index (χ4n) is 1.82. The van der Waals surface area contributed by atoms with Crippen molar-refractivity contribution in [3.8, 4) is 5.75 Å². The van der Waals surface area contributed by atoms with E-state index in [1.165, 1.54) is 5.56 Å². The molecule has 0 spiro atoms. The Hall–Kier alpha value is -0.580. The fourth-order valence-corrected chi connectivity index (χ4v) is 2.23. The molecule has 4 heteroatoms. The standard InChI is InChI=1S/C14H22BrNO2/c1-11(2)16(7-8-17-3)10-12-9-13(15)5-6-14(12)18-4/h5-6,9,11H,7-8,10H2,1-4H3. The predicted octanol–water partition coefficient (Wildman–Crippen LogP) is 3.31. The second-order valence-corrected chi connectivity index (χ2v) is 5.43. The minimum absolute atomic E-state index is 0.476. The highest BCUT2D eigenvalue weighted by molar-refractivity contribution is 9.10. The molecule has 0 saturated carbocycles. The average Bonchev–Trinajstić information content (AvgIpc) is 2.34. The Morgan fingerprint density at radius 2 is 2.00 bits per heavy atom. The number of benzene rings is 1. The first-order valence-corrected chi connectivity index (χ1v) is 6.93. The number of methoxy groups -OCH3 is 2. The summed E-state index contributed by atoms with van der Waals surface area (Å²) >= 11 is 3.51. The maximum Gasteiger partial charge on any atom is 0.123 e. The van der Waals surface area contributed by atoms with Crippen LogP contribution in [0.1, 0.15) is 19.4 Å². The van der Waals surface area contributed by atoms with Gasteiger partial charge in [-0.2, -0.15) is 0 Å². The van der Waals surface area contributed by atoms with Gasteiger partial charge in [-0.15, -0.1) is 0 Å². The first-order chi connectivity index (χ1) is 8.58. The monoisotopic (exact) mass is 315 g/mol. The topological polar surface area (TPSA) is 21.7 Å². The van der Waals surface area contributed by atoms with Gasteiger partial charge in [-0.3, -0.25) is 4.90 Å². The Kier molecular flexibility index (Phi) is 6.68. The molecule has 0 fully saturated rings. The summed E-state index contributed by atoms with van der Waals surface area (Å²) in [6.45, 7) is 6.92. The highest BCUT2D eigenvalue weighted by Crippen LogP contribution is 2.24. The summed E-state index contributed by atoms with van der Waals surface area (Å²) in [5.41, 5.74) is 1.19. The molecule has 1 rings (SSSR count). The van der Waals surface area contributed by atoms with E-state index in [0.29, 0.717) is 6.04 Å². The summed E-state index contributed by atoms with van der Waals surface area (Å²) in [7, 11) is 3.44. The molecule has 0 saturated heterocycles. The molecule has 0 heterocycles. The molecule has 0 aliphatic rings. The normalized spacial score (nSPS) is 11.3. The van der Waals surface area contributed by atoms with Gasteiger partial charge >= 0.3 is 0 Å². The Morgan fingerprint density at radius 1 is 1.28 bits per heavy atom. The number of hydrogen-bond donors (Lipinski definition) is 0. The van der Waals surface area contributed by atoms with Gasteiger partial charge < -0.3 is 9.47 Å². The van der Waals surface area contributed by atoms with Crippen LogP contribution in [0.3, 0.4) is 0 Å². The highest BCUT2D eigenvalue weighted by atomic mass is 79.9. The molecular weight excluding hydrogens is 294 g/mol. The second kappa shape index (κ2) is 7.77. The zero-order chi connectivity index (χ0) is 13.5. The van der Waals surface area contributed by atoms with Crippen molar-refractivity contribution in [3.05, 3.63) is 28.2 Å². The lowest BCUT2D eigenvalue weighted by Gasteiger charge is -2.27. The number of rotatable bonds is 7. The van der Waals surface area contributed by atoms with E-state index in [1.807, 2.05) is 12.1 Å². The number of nitrogens with zero attached hydrogens (tertiary/aromatic N) is 1. The maximum atomic E-state index is 5.41. The lowest BCUT2D eigenvalue weighted by Crippen LogP contribution is -2.33. The molecule has 0 unspecified atom stereocenters. The Morgan fingerprint density at radius 3 is 2.56 bits per heavy atom. The molecule has 0 atom stereocenters. The third-order valence-electron chi connectivity index (χ3n) is 2.93. The van der Waals surface area contributed by atoms with E-state index < -0.39 is 0 Å². The van der Waals surface area contributed by atoms with E-state index in [2.05, 4.69) is 40.7 Å². The van der Waals surface area contributed by atoms with E-state index in [0.717, 1.165) is 29.9 Å². The van der Waals surface area contributed by atoms with Gasteiger partial charge in [0, 0.05) is 36.3 Å². The lowest BCUT2D eigenvalue weighted by molar-refractivity contribution is 0.124. The van der Waals surface area contributed by atoms with Gasteiger partial charge in [-0.1, -0.05) is 15.9 Å². The summed E-state index contributed by atoms with van der Waals surface area (Å²) in [5.74, 6) is 0.932. The van der Waals surface area contributed by atoms with E-state index >= 15 is 0 Å².